The smallest absolute Gasteiger partial charge is 0.133 e. The molecule has 20 heavy (non-hydrogen) atoms. The first-order valence-electron chi connectivity index (χ1n) is 6.31. The topological polar surface area (TPSA) is 25.4 Å². The Hall–Kier alpha value is -1.29. The largest absolute Gasteiger partial charge is 0.492 e. The summed E-state index contributed by atoms with van der Waals surface area (Å²) in [4.78, 5) is 6.19. The highest BCUT2D eigenvalue weighted by Gasteiger charge is 2.05. The van der Waals surface area contributed by atoms with Crippen molar-refractivity contribution >= 4 is 23.2 Å². The van der Waals surface area contributed by atoms with Crippen LogP contribution in [-0.2, 0) is 6.54 Å². The molecule has 0 amide bonds. The van der Waals surface area contributed by atoms with Crippen LogP contribution in [0.15, 0.2) is 42.6 Å². The van der Waals surface area contributed by atoms with Crippen molar-refractivity contribution in [2.45, 2.75) is 6.54 Å². The van der Waals surface area contributed by atoms with E-state index < -0.39 is 0 Å². The lowest BCUT2D eigenvalue weighted by Crippen LogP contribution is -2.24. The number of rotatable bonds is 6. The number of pyridine rings is 1. The van der Waals surface area contributed by atoms with Crippen molar-refractivity contribution in [3.8, 4) is 5.75 Å². The first-order chi connectivity index (χ1) is 9.65. The minimum Gasteiger partial charge on any atom is -0.492 e. The molecule has 0 N–H and O–H groups in total. The molecule has 0 saturated heterocycles. The highest BCUT2D eigenvalue weighted by molar-refractivity contribution is 6.30. The van der Waals surface area contributed by atoms with Crippen molar-refractivity contribution in [1.82, 2.24) is 9.88 Å². The second kappa shape index (κ2) is 7.48. The maximum atomic E-state index is 6.03. The van der Waals surface area contributed by atoms with Crippen LogP contribution in [0.25, 0.3) is 0 Å². The van der Waals surface area contributed by atoms with Crippen molar-refractivity contribution < 1.29 is 4.74 Å². The molecule has 106 valence electrons. The molecule has 0 aliphatic heterocycles. The zero-order chi connectivity index (χ0) is 14.4. The van der Waals surface area contributed by atoms with E-state index >= 15 is 0 Å². The first-order valence-corrected chi connectivity index (χ1v) is 7.07. The van der Waals surface area contributed by atoms with Crippen molar-refractivity contribution in [3.63, 3.8) is 0 Å². The molecule has 2 aromatic rings. The molecule has 1 aromatic carbocycles. The average molecular weight is 311 g/mol. The van der Waals surface area contributed by atoms with Gasteiger partial charge < -0.3 is 4.74 Å². The minimum atomic E-state index is 0.551. The molecule has 1 aromatic heterocycles. The number of hydrogen-bond donors (Lipinski definition) is 0. The summed E-state index contributed by atoms with van der Waals surface area (Å²) in [5, 5.41) is 1.23. The molecule has 0 saturated carbocycles. The van der Waals surface area contributed by atoms with Crippen LogP contribution < -0.4 is 4.74 Å². The third-order valence-corrected chi connectivity index (χ3v) is 3.39. The molecule has 0 fully saturated rings. The van der Waals surface area contributed by atoms with Crippen LogP contribution in [0.1, 0.15) is 5.56 Å². The van der Waals surface area contributed by atoms with Gasteiger partial charge in [0.2, 0.25) is 0 Å². The Kier molecular flexibility index (Phi) is 5.65. The summed E-state index contributed by atoms with van der Waals surface area (Å²) >= 11 is 11.9. The van der Waals surface area contributed by atoms with Gasteiger partial charge in [0.1, 0.15) is 17.5 Å². The molecule has 3 nitrogen and oxygen atoms in total. The summed E-state index contributed by atoms with van der Waals surface area (Å²) in [6, 6.07) is 11.3. The Balaban J connectivity index is 1.78. The van der Waals surface area contributed by atoms with Crippen LogP contribution in [0.5, 0.6) is 5.75 Å². The Labute approximate surface area is 129 Å². The standard InChI is InChI=1S/C15H16Cl2N2O/c1-19(11-12-4-3-7-18-15(12)17)8-9-20-14-6-2-5-13(16)10-14/h2-7,10H,8-9,11H2,1H3. The Bertz CT molecular complexity index is 563. The van der Waals surface area contributed by atoms with Gasteiger partial charge in [0.15, 0.2) is 0 Å². The van der Waals surface area contributed by atoms with Gasteiger partial charge in [-0.2, -0.15) is 0 Å². The minimum absolute atomic E-state index is 0.551. The van der Waals surface area contributed by atoms with Crippen LogP contribution in [0.3, 0.4) is 0 Å². The third kappa shape index (κ3) is 4.67. The van der Waals surface area contributed by atoms with Gasteiger partial charge in [0, 0.05) is 29.9 Å². The van der Waals surface area contributed by atoms with E-state index in [9.17, 15) is 0 Å². The number of nitrogens with zero attached hydrogens (tertiary/aromatic N) is 2. The Morgan fingerprint density at radius 3 is 2.80 bits per heavy atom. The highest BCUT2D eigenvalue weighted by atomic mass is 35.5. The lowest BCUT2D eigenvalue weighted by atomic mass is 10.3. The van der Waals surface area contributed by atoms with Crippen LogP contribution in [-0.4, -0.2) is 30.1 Å². The number of halogens is 2. The SMILES string of the molecule is CN(CCOc1cccc(Cl)c1)Cc1cccnc1Cl. The summed E-state index contributed by atoms with van der Waals surface area (Å²) in [5.74, 6) is 0.783. The van der Waals surface area contributed by atoms with Crippen LogP contribution in [0.4, 0.5) is 0 Å². The van der Waals surface area contributed by atoms with Gasteiger partial charge in [-0.1, -0.05) is 35.3 Å². The van der Waals surface area contributed by atoms with Gasteiger partial charge in [-0.05, 0) is 31.3 Å². The Morgan fingerprint density at radius 1 is 1.20 bits per heavy atom. The van der Waals surface area contributed by atoms with E-state index in [1.807, 2.05) is 37.4 Å². The number of aromatic nitrogens is 1. The fraction of sp³-hybridized carbons (Fsp3) is 0.267. The van der Waals surface area contributed by atoms with Crippen LogP contribution in [0, 0.1) is 0 Å². The Morgan fingerprint density at radius 2 is 2.05 bits per heavy atom. The number of likely N-dealkylation sites (N-methyl/N-ethyl adjacent to an activating group) is 1. The van der Waals surface area contributed by atoms with E-state index in [0.29, 0.717) is 16.8 Å². The van der Waals surface area contributed by atoms with E-state index in [-0.39, 0.29) is 0 Å². The molecule has 1 heterocycles. The summed E-state index contributed by atoms with van der Waals surface area (Å²) < 4.78 is 5.65. The molecule has 0 spiro atoms. The number of ether oxygens (including phenoxy) is 1. The highest BCUT2D eigenvalue weighted by Crippen LogP contribution is 2.17. The second-order valence-corrected chi connectivity index (χ2v) is 5.29. The summed E-state index contributed by atoms with van der Waals surface area (Å²) in [7, 11) is 2.02. The van der Waals surface area contributed by atoms with E-state index in [4.69, 9.17) is 27.9 Å². The molecular formula is C15H16Cl2N2O. The quantitative estimate of drug-likeness (QED) is 0.757. The lowest BCUT2D eigenvalue weighted by Gasteiger charge is -2.17. The maximum Gasteiger partial charge on any atom is 0.133 e. The van der Waals surface area contributed by atoms with Gasteiger partial charge >= 0.3 is 0 Å². The average Bonchev–Trinajstić information content (AvgIpc) is 2.41. The van der Waals surface area contributed by atoms with Crippen molar-refractivity contribution in [2.24, 2.45) is 0 Å². The van der Waals surface area contributed by atoms with Crippen molar-refractivity contribution in [1.29, 1.82) is 0 Å². The summed E-state index contributed by atoms with van der Waals surface area (Å²) in [6.45, 7) is 2.12. The molecule has 2 rings (SSSR count). The molecule has 0 bridgehead atoms. The molecule has 0 radical (unpaired) electrons. The molecule has 0 aliphatic carbocycles. The number of benzene rings is 1. The van der Waals surface area contributed by atoms with Gasteiger partial charge in [-0.3, -0.25) is 4.90 Å². The summed E-state index contributed by atoms with van der Waals surface area (Å²) in [5.41, 5.74) is 1.01. The predicted octanol–water partition coefficient (Wildman–Crippen LogP) is 3.90. The first kappa shape index (κ1) is 15.1. The van der Waals surface area contributed by atoms with E-state index in [1.165, 1.54) is 0 Å². The zero-order valence-electron chi connectivity index (χ0n) is 11.2. The van der Waals surface area contributed by atoms with Crippen molar-refractivity contribution in [2.75, 3.05) is 20.2 Å². The van der Waals surface area contributed by atoms with Gasteiger partial charge in [-0.15, -0.1) is 0 Å². The predicted molar refractivity (Wildman–Crippen MR) is 82.5 cm³/mol. The van der Waals surface area contributed by atoms with E-state index in [1.54, 1.807) is 12.3 Å². The fourth-order valence-electron chi connectivity index (χ4n) is 1.78. The fourth-order valence-corrected chi connectivity index (χ4v) is 2.14. The van der Waals surface area contributed by atoms with E-state index in [0.717, 1.165) is 24.4 Å². The lowest BCUT2D eigenvalue weighted by molar-refractivity contribution is 0.233. The molecular weight excluding hydrogens is 295 g/mol. The normalized spacial score (nSPS) is 10.8. The molecule has 5 heteroatoms. The van der Waals surface area contributed by atoms with Crippen LogP contribution in [0.2, 0.25) is 10.2 Å². The van der Waals surface area contributed by atoms with Gasteiger partial charge in [0.25, 0.3) is 0 Å². The van der Waals surface area contributed by atoms with Crippen LogP contribution >= 0.6 is 23.2 Å². The zero-order valence-corrected chi connectivity index (χ0v) is 12.7. The van der Waals surface area contributed by atoms with Gasteiger partial charge in [0.05, 0.1) is 0 Å². The van der Waals surface area contributed by atoms with Crippen molar-refractivity contribution in [3.05, 3.63) is 58.3 Å². The third-order valence-electron chi connectivity index (χ3n) is 2.81. The van der Waals surface area contributed by atoms with E-state index in [2.05, 4.69) is 9.88 Å². The molecule has 0 atom stereocenters. The molecule has 0 aliphatic rings. The maximum absolute atomic E-state index is 6.03. The van der Waals surface area contributed by atoms with Gasteiger partial charge in [-0.25, -0.2) is 4.98 Å². The number of hydrogen-bond acceptors (Lipinski definition) is 3. The molecule has 0 unspecified atom stereocenters. The monoisotopic (exact) mass is 310 g/mol. The second-order valence-electron chi connectivity index (χ2n) is 4.50. The summed E-state index contributed by atoms with van der Waals surface area (Å²) in [6.07, 6.45) is 1.69.